The molecule has 0 saturated heterocycles. The lowest BCUT2D eigenvalue weighted by atomic mass is 10.0. The number of hydrogen-bond donors (Lipinski definition) is 0. The lowest BCUT2D eigenvalue weighted by molar-refractivity contribution is 0.704. The molecule has 0 bridgehead atoms. The van der Waals surface area contributed by atoms with Gasteiger partial charge < -0.3 is 0 Å². The summed E-state index contributed by atoms with van der Waals surface area (Å²) in [6.07, 6.45) is 2.43. The Morgan fingerprint density at radius 3 is 3.18 bits per heavy atom. The molecule has 0 fully saturated rings. The summed E-state index contributed by atoms with van der Waals surface area (Å²) in [6, 6.07) is 6.51. The normalized spacial score (nSPS) is 15.4. The number of nitrogens with zero attached hydrogens (tertiary/aromatic N) is 1. The zero-order valence-electron chi connectivity index (χ0n) is 6.80. The highest BCUT2D eigenvalue weighted by molar-refractivity contribution is 5.48. The predicted molar refractivity (Wildman–Crippen MR) is 46.2 cm³/mol. The standard InChI is InChI=1S/C10H12N/c1-8-4-5-10-9(7-8)3-2-6-11-10/h4-5,7H,2-3,6H2,1H3. The fourth-order valence-electron chi connectivity index (χ4n) is 1.54. The molecule has 0 N–H and O–H groups in total. The van der Waals surface area contributed by atoms with Gasteiger partial charge >= 0.3 is 0 Å². The van der Waals surface area contributed by atoms with Gasteiger partial charge in [-0.05, 0) is 31.4 Å². The van der Waals surface area contributed by atoms with Crippen LogP contribution in [-0.2, 0) is 6.42 Å². The summed E-state index contributed by atoms with van der Waals surface area (Å²) in [7, 11) is 0. The first-order valence-corrected chi connectivity index (χ1v) is 4.13. The van der Waals surface area contributed by atoms with E-state index in [9.17, 15) is 0 Å². The number of aryl methyl sites for hydroxylation is 2. The van der Waals surface area contributed by atoms with Crippen LogP contribution in [0, 0.1) is 6.92 Å². The van der Waals surface area contributed by atoms with Gasteiger partial charge in [0.25, 0.3) is 0 Å². The Bertz CT molecular complexity index is 266. The maximum absolute atomic E-state index is 4.43. The highest BCUT2D eigenvalue weighted by Gasteiger charge is 2.08. The molecule has 2 rings (SSSR count). The van der Waals surface area contributed by atoms with E-state index in [0.29, 0.717) is 0 Å². The van der Waals surface area contributed by atoms with Crippen LogP contribution in [0.3, 0.4) is 0 Å². The Morgan fingerprint density at radius 1 is 1.36 bits per heavy atom. The first-order valence-electron chi connectivity index (χ1n) is 4.13. The van der Waals surface area contributed by atoms with Gasteiger partial charge in [-0.2, -0.15) is 0 Å². The van der Waals surface area contributed by atoms with Gasteiger partial charge in [-0.1, -0.05) is 17.7 Å². The first-order chi connectivity index (χ1) is 5.36. The van der Waals surface area contributed by atoms with E-state index < -0.39 is 0 Å². The van der Waals surface area contributed by atoms with Crippen molar-refractivity contribution >= 4 is 5.69 Å². The van der Waals surface area contributed by atoms with Crippen LogP contribution in [0.5, 0.6) is 0 Å². The highest BCUT2D eigenvalue weighted by atomic mass is 14.9. The van der Waals surface area contributed by atoms with E-state index in [2.05, 4.69) is 30.4 Å². The Hall–Kier alpha value is -0.980. The molecular weight excluding hydrogens is 134 g/mol. The molecule has 0 aliphatic carbocycles. The lowest BCUT2D eigenvalue weighted by Crippen LogP contribution is -2.10. The lowest BCUT2D eigenvalue weighted by Gasteiger charge is -2.15. The van der Waals surface area contributed by atoms with Crippen LogP contribution < -0.4 is 5.32 Å². The number of rotatable bonds is 0. The van der Waals surface area contributed by atoms with Gasteiger partial charge in [0.15, 0.2) is 0 Å². The van der Waals surface area contributed by atoms with Crippen molar-refractivity contribution in [3.63, 3.8) is 0 Å². The molecule has 1 nitrogen and oxygen atoms in total. The molecule has 11 heavy (non-hydrogen) atoms. The molecule has 1 aromatic carbocycles. The van der Waals surface area contributed by atoms with Crippen LogP contribution in [0.15, 0.2) is 18.2 Å². The Balaban J connectivity index is 2.43. The molecule has 0 saturated carbocycles. The molecule has 1 heterocycles. The average Bonchev–Trinajstić information content (AvgIpc) is 2.04. The van der Waals surface area contributed by atoms with Gasteiger partial charge in [-0.15, -0.1) is 0 Å². The van der Waals surface area contributed by atoms with E-state index in [-0.39, 0.29) is 0 Å². The smallest absolute Gasteiger partial charge is 0.0606 e. The minimum Gasteiger partial charge on any atom is -0.285 e. The van der Waals surface area contributed by atoms with Gasteiger partial charge in [0, 0.05) is 6.54 Å². The van der Waals surface area contributed by atoms with Crippen molar-refractivity contribution < 1.29 is 0 Å². The minimum absolute atomic E-state index is 1.01. The third kappa shape index (κ3) is 1.23. The van der Waals surface area contributed by atoms with E-state index >= 15 is 0 Å². The molecule has 0 spiro atoms. The van der Waals surface area contributed by atoms with Crippen LogP contribution >= 0.6 is 0 Å². The predicted octanol–water partition coefficient (Wildman–Crippen LogP) is 2.18. The molecule has 1 aromatic rings. The van der Waals surface area contributed by atoms with Crippen molar-refractivity contribution in [2.75, 3.05) is 6.54 Å². The summed E-state index contributed by atoms with van der Waals surface area (Å²) < 4.78 is 0. The van der Waals surface area contributed by atoms with E-state index in [1.54, 1.807) is 0 Å². The zero-order valence-corrected chi connectivity index (χ0v) is 6.80. The van der Waals surface area contributed by atoms with Crippen LogP contribution in [0.25, 0.3) is 0 Å². The molecule has 57 valence electrons. The van der Waals surface area contributed by atoms with E-state index in [0.717, 1.165) is 6.54 Å². The van der Waals surface area contributed by atoms with Gasteiger partial charge in [-0.25, -0.2) is 0 Å². The molecule has 0 atom stereocenters. The minimum atomic E-state index is 1.01. The van der Waals surface area contributed by atoms with Crippen LogP contribution in [0.4, 0.5) is 5.69 Å². The molecule has 0 aromatic heterocycles. The van der Waals surface area contributed by atoms with E-state index in [1.165, 1.54) is 29.7 Å². The zero-order chi connectivity index (χ0) is 7.68. The molecule has 1 aliphatic rings. The third-order valence-electron chi connectivity index (χ3n) is 2.12. The molecule has 1 heteroatoms. The van der Waals surface area contributed by atoms with E-state index in [4.69, 9.17) is 0 Å². The van der Waals surface area contributed by atoms with Crippen molar-refractivity contribution in [2.24, 2.45) is 0 Å². The molecule has 0 amide bonds. The maximum Gasteiger partial charge on any atom is 0.0606 e. The van der Waals surface area contributed by atoms with Gasteiger partial charge in [0.2, 0.25) is 0 Å². The number of hydrogen-bond acceptors (Lipinski definition) is 0. The summed E-state index contributed by atoms with van der Waals surface area (Å²) in [5, 5.41) is 4.43. The first kappa shape index (κ1) is 6.71. The second-order valence-electron chi connectivity index (χ2n) is 3.12. The summed E-state index contributed by atoms with van der Waals surface area (Å²) >= 11 is 0. The second kappa shape index (κ2) is 2.57. The average molecular weight is 146 g/mol. The largest absolute Gasteiger partial charge is 0.285 e. The summed E-state index contributed by atoms with van der Waals surface area (Å²) in [5.74, 6) is 0. The van der Waals surface area contributed by atoms with Crippen LogP contribution in [0.1, 0.15) is 17.5 Å². The van der Waals surface area contributed by atoms with Gasteiger partial charge in [-0.3, -0.25) is 5.32 Å². The maximum atomic E-state index is 4.43. The molecule has 1 aliphatic heterocycles. The SMILES string of the molecule is Cc1ccc2c(c1)CCC[N]2. The third-order valence-corrected chi connectivity index (χ3v) is 2.12. The molecule has 0 unspecified atom stereocenters. The van der Waals surface area contributed by atoms with Gasteiger partial charge in [0.1, 0.15) is 0 Å². The Labute approximate surface area is 67.4 Å². The molecular formula is C10H12N. The van der Waals surface area contributed by atoms with Crippen molar-refractivity contribution in [3.05, 3.63) is 29.3 Å². The summed E-state index contributed by atoms with van der Waals surface area (Å²) in [5.41, 5.74) is 3.99. The topological polar surface area (TPSA) is 14.1 Å². The molecule has 1 radical (unpaired) electrons. The second-order valence-corrected chi connectivity index (χ2v) is 3.12. The van der Waals surface area contributed by atoms with E-state index in [1.807, 2.05) is 0 Å². The van der Waals surface area contributed by atoms with Crippen molar-refractivity contribution in [1.82, 2.24) is 5.32 Å². The fourth-order valence-corrected chi connectivity index (χ4v) is 1.54. The van der Waals surface area contributed by atoms with Crippen molar-refractivity contribution in [1.29, 1.82) is 0 Å². The van der Waals surface area contributed by atoms with Crippen molar-refractivity contribution in [2.45, 2.75) is 19.8 Å². The highest BCUT2D eigenvalue weighted by Crippen LogP contribution is 2.22. The Kier molecular flexibility index (Phi) is 1.57. The monoisotopic (exact) mass is 146 g/mol. The quantitative estimate of drug-likeness (QED) is 0.532. The number of fused-ring (bicyclic) bond motifs is 1. The van der Waals surface area contributed by atoms with Crippen molar-refractivity contribution in [3.8, 4) is 0 Å². The van der Waals surface area contributed by atoms with Gasteiger partial charge in [0.05, 0.1) is 5.69 Å². The fraction of sp³-hybridized carbons (Fsp3) is 0.400. The van der Waals surface area contributed by atoms with Crippen LogP contribution in [0.2, 0.25) is 0 Å². The summed E-state index contributed by atoms with van der Waals surface area (Å²) in [6.45, 7) is 3.14. The van der Waals surface area contributed by atoms with Crippen LogP contribution in [-0.4, -0.2) is 6.54 Å². The Morgan fingerprint density at radius 2 is 2.27 bits per heavy atom. The number of benzene rings is 1. The summed E-state index contributed by atoms with van der Waals surface area (Å²) in [4.78, 5) is 0.